The fourth-order valence-electron chi connectivity index (χ4n) is 0.943. The predicted molar refractivity (Wildman–Crippen MR) is 65.8 cm³/mol. The maximum Gasteiger partial charge on any atom is 0.111 e. The molecular formula is C13H12O2S. The molecule has 16 heavy (non-hydrogen) atoms. The highest BCUT2D eigenvalue weighted by Crippen LogP contribution is 2.22. The lowest BCUT2D eigenvalue weighted by Crippen LogP contribution is -1.98. The molecule has 1 aromatic heterocycles. The van der Waals surface area contributed by atoms with Crippen LogP contribution in [0.3, 0.4) is 0 Å². The molecule has 1 aromatic rings. The van der Waals surface area contributed by atoms with E-state index in [1.165, 1.54) is 11.3 Å². The van der Waals surface area contributed by atoms with Gasteiger partial charge in [-0.15, -0.1) is 11.3 Å². The average Bonchev–Trinajstić information content (AvgIpc) is 2.76. The van der Waals surface area contributed by atoms with Gasteiger partial charge in [0.05, 0.1) is 11.5 Å². The van der Waals surface area contributed by atoms with E-state index in [2.05, 4.69) is 23.7 Å². The van der Waals surface area contributed by atoms with Gasteiger partial charge in [-0.1, -0.05) is 12.0 Å². The highest BCUT2D eigenvalue weighted by molar-refractivity contribution is 7.12. The molecule has 0 aliphatic heterocycles. The Balaban J connectivity index is 2.69. The third kappa shape index (κ3) is 3.92. The normalized spacial score (nSPS) is 11.4. The number of allylic oxidation sites excluding steroid dienone is 2. The van der Waals surface area contributed by atoms with E-state index in [0.717, 1.165) is 4.88 Å². The van der Waals surface area contributed by atoms with Gasteiger partial charge in [0.1, 0.15) is 6.10 Å². The van der Waals surface area contributed by atoms with Crippen molar-refractivity contribution in [3.05, 3.63) is 34.0 Å². The Morgan fingerprint density at radius 1 is 1.44 bits per heavy atom. The zero-order valence-electron chi connectivity index (χ0n) is 8.90. The van der Waals surface area contributed by atoms with E-state index < -0.39 is 6.10 Å². The molecule has 0 aromatic carbocycles. The molecule has 0 saturated heterocycles. The van der Waals surface area contributed by atoms with Crippen LogP contribution in [0.5, 0.6) is 0 Å². The average molecular weight is 232 g/mol. The van der Waals surface area contributed by atoms with Crippen LogP contribution in [-0.2, 0) is 0 Å². The molecule has 2 N–H and O–H groups in total. The molecule has 0 aliphatic carbocycles. The predicted octanol–water partition coefficient (Wildman–Crippen LogP) is 1.70. The summed E-state index contributed by atoms with van der Waals surface area (Å²) < 4.78 is 0. The summed E-state index contributed by atoms with van der Waals surface area (Å²) in [4.78, 5) is 1.55. The Labute approximate surface area is 99.3 Å². The molecule has 2 nitrogen and oxygen atoms in total. The van der Waals surface area contributed by atoms with Gasteiger partial charge in [0.15, 0.2) is 0 Å². The molecular weight excluding hydrogens is 220 g/mol. The van der Waals surface area contributed by atoms with Crippen LogP contribution in [0.2, 0.25) is 0 Å². The minimum absolute atomic E-state index is 0.269. The van der Waals surface area contributed by atoms with Crippen molar-refractivity contribution < 1.29 is 10.2 Å². The van der Waals surface area contributed by atoms with Crippen LogP contribution in [0, 0.1) is 23.7 Å². The minimum atomic E-state index is -0.811. The van der Waals surface area contributed by atoms with Crippen LogP contribution >= 0.6 is 11.3 Å². The molecule has 1 atom stereocenters. The highest BCUT2D eigenvalue weighted by atomic mass is 32.1. The van der Waals surface area contributed by atoms with Gasteiger partial charge in [-0.2, -0.15) is 0 Å². The van der Waals surface area contributed by atoms with Crippen molar-refractivity contribution in [1.82, 2.24) is 0 Å². The van der Waals surface area contributed by atoms with Gasteiger partial charge < -0.3 is 10.2 Å². The molecule has 0 saturated carbocycles. The summed E-state index contributed by atoms with van der Waals surface area (Å²) in [6.45, 7) is 1.62. The van der Waals surface area contributed by atoms with Crippen LogP contribution in [0.15, 0.2) is 24.3 Å². The van der Waals surface area contributed by atoms with Crippen LogP contribution < -0.4 is 0 Å². The minimum Gasteiger partial charge on any atom is -0.393 e. The molecule has 0 fully saturated rings. The van der Waals surface area contributed by atoms with Crippen LogP contribution in [0.25, 0.3) is 0 Å². The maximum absolute atomic E-state index is 9.36. The molecule has 1 rings (SSSR count). The zero-order chi connectivity index (χ0) is 11.8. The molecule has 0 bridgehead atoms. The van der Waals surface area contributed by atoms with Crippen molar-refractivity contribution in [2.75, 3.05) is 6.61 Å². The summed E-state index contributed by atoms with van der Waals surface area (Å²) in [5.41, 5.74) is 0. The quantitative estimate of drug-likeness (QED) is 0.762. The van der Waals surface area contributed by atoms with Gasteiger partial charge in [-0.25, -0.2) is 0 Å². The second-order valence-corrected chi connectivity index (χ2v) is 4.04. The van der Waals surface area contributed by atoms with Gasteiger partial charge in [-0.05, 0) is 42.9 Å². The van der Waals surface area contributed by atoms with Crippen molar-refractivity contribution in [3.8, 4) is 23.7 Å². The molecule has 0 radical (unpaired) electrons. The van der Waals surface area contributed by atoms with Crippen molar-refractivity contribution >= 4 is 11.3 Å². The van der Waals surface area contributed by atoms with Gasteiger partial charge in [0.25, 0.3) is 0 Å². The van der Waals surface area contributed by atoms with Gasteiger partial charge in [0, 0.05) is 4.88 Å². The topological polar surface area (TPSA) is 40.5 Å². The molecule has 0 aliphatic rings. The summed E-state index contributed by atoms with van der Waals surface area (Å²) in [5.74, 6) is 11.0. The first-order valence-electron chi connectivity index (χ1n) is 4.79. The Morgan fingerprint density at radius 3 is 2.94 bits per heavy atom. The number of hydrogen-bond acceptors (Lipinski definition) is 3. The van der Waals surface area contributed by atoms with E-state index in [1.807, 2.05) is 19.1 Å². The van der Waals surface area contributed by atoms with Crippen molar-refractivity contribution in [3.63, 3.8) is 0 Å². The van der Waals surface area contributed by atoms with E-state index in [4.69, 9.17) is 5.11 Å². The SMILES string of the molecule is C/C=C\C#CC#Cc1ccc(C(O)CO)s1. The van der Waals surface area contributed by atoms with Gasteiger partial charge in [0.2, 0.25) is 0 Å². The van der Waals surface area contributed by atoms with Gasteiger partial charge >= 0.3 is 0 Å². The summed E-state index contributed by atoms with van der Waals surface area (Å²) in [7, 11) is 0. The molecule has 1 unspecified atom stereocenters. The number of aliphatic hydroxyl groups is 2. The molecule has 3 heteroatoms. The smallest absolute Gasteiger partial charge is 0.111 e. The lowest BCUT2D eigenvalue weighted by atomic mass is 10.3. The molecule has 82 valence electrons. The Morgan fingerprint density at radius 2 is 2.25 bits per heavy atom. The molecule has 0 spiro atoms. The third-order valence-electron chi connectivity index (χ3n) is 1.70. The second kappa shape index (κ2) is 6.87. The second-order valence-electron chi connectivity index (χ2n) is 2.92. The first-order chi connectivity index (χ1) is 7.77. The van der Waals surface area contributed by atoms with Gasteiger partial charge in [-0.3, -0.25) is 0 Å². The summed E-state index contributed by atoms with van der Waals surface area (Å²) >= 11 is 1.36. The van der Waals surface area contributed by atoms with E-state index in [0.29, 0.717) is 4.88 Å². The fourth-order valence-corrected chi connectivity index (χ4v) is 1.78. The monoisotopic (exact) mass is 232 g/mol. The lowest BCUT2D eigenvalue weighted by Gasteiger charge is -2.00. The number of rotatable bonds is 2. The first kappa shape index (κ1) is 12.5. The van der Waals surface area contributed by atoms with E-state index in [1.54, 1.807) is 12.1 Å². The number of aliphatic hydroxyl groups excluding tert-OH is 2. The number of thiophene rings is 1. The molecule has 0 amide bonds. The third-order valence-corrected chi connectivity index (χ3v) is 2.80. The Bertz CT molecular complexity index is 477. The first-order valence-corrected chi connectivity index (χ1v) is 5.61. The Hall–Kier alpha value is -1.52. The number of hydrogen-bond donors (Lipinski definition) is 2. The van der Waals surface area contributed by atoms with Crippen LogP contribution in [-0.4, -0.2) is 16.8 Å². The van der Waals surface area contributed by atoms with E-state index in [-0.39, 0.29) is 6.61 Å². The lowest BCUT2D eigenvalue weighted by molar-refractivity contribution is 0.0984. The standard InChI is InChI=1S/C13H12O2S/c1-2-3-4-5-6-7-11-8-9-13(16-11)12(15)10-14/h2-3,8-9,12,14-15H,10H2,1H3/b3-2-. The summed E-state index contributed by atoms with van der Waals surface area (Å²) in [5, 5.41) is 18.1. The highest BCUT2D eigenvalue weighted by Gasteiger charge is 2.07. The van der Waals surface area contributed by atoms with Crippen molar-refractivity contribution in [2.24, 2.45) is 0 Å². The van der Waals surface area contributed by atoms with Crippen LogP contribution in [0.1, 0.15) is 22.8 Å². The maximum atomic E-state index is 9.36. The molecule has 1 heterocycles. The van der Waals surface area contributed by atoms with Crippen LogP contribution in [0.4, 0.5) is 0 Å². The zero-order valence-corrected chi connectivity index (χ0v) is 9.71. The Kier molecular flexibility index (Phi) is 5.39. The summed E-state index contributed by atoms with van der Waals surface area (Å²) in [6.07, 6.45) is 2.76. The van der Waals surface area contributed by atoms with Crippen molar-refractivity contribution in [1.29, 1.82) is 0 Å². The van der Waals surface area contributed by atoms with Crippen molar-refractivity contribution in [2.45, 2.75) is 13.0 Å². The van der Waals surface area contributed by atoms with E-state index >= 15 is 0 Å². The summed E-state index contributed by atoms with van der Waals surface area (Å²) in [6, 6.07) is 3.57. The largest absolute Gasteiger partial charge is 0.393 e. The van der Waals surface area contributed by atoms with E-state index in [9.17, 15) is 5.11 Å². The fraction of sp³-hybridized carbons (Fsp3) is 0.231.